The van der Waals surface area contributed by atoms with Gasteiger partial charge < -0.3 is 9.47 Å². The van der Waals surface area contributed by atoms with Gasteiger partial charge in [0.1, 0.15) is 18.1 Å². The van der Waals surface area contributed by atoms with Crippen LogP contribution in [0.1, 0.15) is 30.9 Å². The minimum Gasteiger partial charge on any atom is -0.488 e. The van der Waals surface area contributed by atoms with Crippen LogP contribution in [-0.2, 0) is 0 Å². The molecule has 0 spiro atoms. The van der Waals surface area contributed by atoms with E-state index in [4.69, 9.17) is 55.9 Å². The second-order valence-electron chi connectivity index (χ2n) is 6.90. The number of hydrogen-bond acceptors (Lipinski definition) is 3. The lowest BCUT2D eigenvalue weighted by molar-refractivity contribution is 0.170. The maximum Gasteiger partial charge on any atom is 0.150 e. The van der Waals surface area contributed by atoms with Crippen LogP contribution in [0.2, 0.25) is 20.1 Å². The van der Waals surface area contributed by atoms with Gasteiger partial charge in [0.15, 0.2) is 5.75 Å². The van der Waals surface area contributed by atoms with Crippen LogP contribution in [0.5, 0.6) is 11.5 Å². The fourth-order valence-electron chi connectivity index (χ4n) is 3.73. The zero-order chi connectivity index (χ0) is 19.7. The number of piperidine rings is 1. The smallest absolute Gasteiger partial charge is 0.150 e. The Morgan fingerprint density at radius 1 is 0.964 bits per heavy atom. The lowest BCUT2D eigenvalue weighted by Crippen LogP contribution is -2.34. The molecular formula is C21H19Cl4NO2. The summed E-state index contributed by atoms with van der Waals surface area (Å²) in [5.41, 5.74) is 1.01. The Labute approximate surface area is 184 Å². The summed E-state index contributed by atoms with van der Waals surface area (Å²) in [5.74, 6) is 2.07. The van der Waals surface area contributed by atoms with Crippen molar-refractivity contribution in [3.8, 4) is 11.5 Å². The maximum absolute atomic E-state index is 6.39. The molecule has 2 aliphatic rings. The Balaban J connectivity index is 1.59. The Morgan fingerprint density at radius 2 is 1.71 bits per heavy atom. The molecule has 148 valence electrons. The largest absolute Gasteiger partial charge is 0.488 e. The minimum absolute atomic E-state index is 0.00390. The van der Waals surface area contributed by atoms with Crippen molar-refractivity contribution < 1.29 is 9.47 Å². The highest BCUT2D eigenvalue weighted by Gasteiger charge is 2.36. The van der Waals surface area contributed by atoms with E-state index in [-0.39, 0.29) is 6.04 Å². The fourth-order valence-corrected chi connectivity index (χ4v) is 4.74. The number of nitrogens with zero attached hydrogens (tertiary/aromatic N) is 1. The molecule has 0 aromatic heterocycles. The molecule has 1 atom stereocenters. The first-order valence-corrected chi connectivity index (χ1v) is 10.7. The van der Waals surface area contributed by atoms with E-state index in [9.17, 15) is 0 Å². The first kappa shape index (κ1) is 20.2. The van der Waals surface area contributed by atoms with E-state index in [1.165, 1.54) is 19.3 Å². The van der Waals surface area contributed by atoms with E-state index in [0.717, 1.165) is 24.4 Å². The van der Waals surface area contributed by atoms with Crippen LogP contribution in [0.3, 0.4) is 0 Å². The number of benzene rings is 2. The third kappa shape index (κ3) is 4.24. The van der Waals surface area contributed by atoms with E-state index in [1.807, 2.05) is 12.1 Å². The summed E-state index contributed by atoms with van der Waals surface area (Å²) < 4.78 is 12.0. The van der Waals surface area contributed by atoms with Crippen molar-refractivity contribution >= 4 is 46.4 Å². The SMILES string of the molecule is Clc1ccc(OC/C=C2/Oc3c(Cl)cc(Cl)cc3[C@H]2N2CCCCC2)c(Cl)c1. The van der Waals surface area contributed by atoms with Gasteiger partial charge in [-0.2, -0.15) is 0 Å². The van der Waals surface area contributed by atoms with Crippen LogP contribution in [0.15, 0.2) is 42.2 Å². The van der Waals surface area contributed by atoms with Crippen molar-refractivity contribution in [3.05, 3.63) is 67.8 Å². The summed E-state index contributed by atoms with van der Waals surface area (Å²) in [7, 11) is 0. The van der Waals surface area contributed by atoms with Crippen LogP contribution < -0.4 is 9.47 Å². The predicted molar refractivity (Wildman–Crippen MR) is 115 cm³/mol. The van der Waals surface area contributed by atoms with Gasteiger partial charge in [-0.3, -0.25) is 4.90 Å². The molecule has 0 N–H and O–H groups in total. The first-order valence-electron chi connectivity index (χ1n) is 9.21. The van der Waals surface area contributed by atoms with Crippen molar-refractivity contribution in [2.75, 3.05) is 19.7 Å². The number of hydrogen-bond donors (Lipinski definition) is 0. The molecule has 7 heteroatoms. The lowest BCUT2D eigenvalue weighted by Gasteiger charge is -2.32. The molecule has 4 rings (SSSR count). The monoisotopic (exact) mass is 457 g/mol. The summed E-state index contributed by atoms with van der Waals surface area (Å²) >= 11 is 24.8. The molecule has 2 aromatic carbocycles. The lowest BCUT2D eigenvalue weighted by atomic mass is 10.0. The molecule has 2 heterocycles. The zero-order valence-electron chi connectivity index (χ0n) is 15.1. The molecule has 0 amide bonds. The van der Waals surface area contributed by atoms with Crippen molar-refractivity contribution in [3.63, 3.8) is 0 Å². The standard InChI is InChI=1S/C21H19Cl4NO2/c22-13-4-5-18(16(24)11-13)27-9-6-19-20(26-7-2-1-3-8-26)15-10-14(23)12-17(25)21(15)28-19/h4-6,10-12,20H,1-3,7-9H2/b19-6+/t20-/m1/s1. The van der Waals surface area contributed by atoms with E-state index >= 15 is 0 Å². The molecule has 2 aromatic rings. The summed E-state index contributed by atoms with van der Waals surface area (Å²) in [4.78, 5) is 2.42. The highest BCUT2D eigenvalue weighted by Crippen LogP contribution is 2.48. The predicted octanol–water partition coefficient (Wildman–Crippen LogP) is 7.18. The molecule has 0 radical (unpaired) electrons. The molecule has 0 aliphatic carbocycles. The van der Waals surface area contributed by atoms with Gasteiger partial charge in [0.05, 0.1) is 16.1 Å². The zero-order valence-corrected chi connectivity index (χ0v) is 18.1. The summed E-state index contributed by atoms with van der Waals surface area (Å²) in [6.07, 6.45) is 5.54. The van der Waals surface area contributed by atoms with Crippen LogP contribution >= 0.6 is 46.4 Å². The molecule has 28 heavy (non-hydrogen) atoms. The average Bonchev–Trinajstić information content (AvgIpc) is 3.03. The molecule has 2 aliphatic heterocycles. The molecular weight excluding hydrogens is 440 g/mol. The van der Waals surface area contributed by atoms with Crippen LogP contribution in [0.25, 0.3) is 0 Å². The Hall–Kier alpha value is -1.10. The third-order valence-electron chi connectivity index (χ3n) is 4.99. The normalized spacial score (nSPS) is 20.9. The molecule has 0 saturated carbocycles. The number of fused-ring (bicyclic) bond motifs is 1. The van der Waals surface area contributed by atoms with Gasteiger partial charge in [-0.15, -0.1) is 0 Å². The molecule has 1 saturated heterocycles. The van der Waals surface area contributed by atoms with Gasteiger partial charge >= 0.3 is 0 Å². The fraction of sp³-hybridized carbons (Fsp3) is 0.333. The van der Waals surface area contributed by atoms with Crippen LogP contribution in [-0.4, -0.2) is 24.6 Å². The van der Waals surface area contributed by atoms with E-state index in [0.29, 0.717) is 38.2 Å². The minimum atomic E-state index is -0.00390. The number of rotatable bonds is 4. The summed E-state index contributed by atoms with van der Waals surface area (Å²) in [6.45, 7) is 2.35. The quantitative estimate of drug-likeness (QED) is 0.484. The average molecular weight is 459 g/mol. The van der Waals surface area contributed by atoms with E-state index < -0.39 is 0 Å². The van der Waals surface area contributed by atoms with E-state index in [1.54, 1.807) is 24.3 Å². The van der Waals surface area contributed by atoms with Crippen LogP contribution in [0, 0.1) is 0 Å². The molecule has 0 unspecified atom stereocenters. The molecule has 0 bridgehead atoms. The molecule has 1 fully saturated rings. The highest BCUT2D eigenvalue weighted by atomic mass is 35.5. The first-order chi connectivity index (χ1) is 13.5. The van der Waals surface area contributed by atoms with Crippen molar-refractivity contribution in [1.82, 2.24) is 4.90 Å². The van der Waals surface area contributed by atoms with Gasteiger partial charge in [0, 0.05) is 15.6 Å². The third-order valence-corrected chi connectivity index (χ3v) is 6.02. The highest BCUT2D eigenvalue weighted by molar-refractivity contribution is 6.36. The number of ether oxygens (including phenoxy) is 2. The van der Waals surface area contributed by atoms with Gasteiger partial charge in [-0.25, -0.2) is 0 Å². The number of halogens is 4. The van der Waals surface area contributed by atoms with Gasteiger partial charge in [0.2, 0.25) is 0 Å². The van der Waals surface area contributed by atoms with Crippen LogP contribution in [0.4, 0.5) is 0 Å². The summed E-state index contributed by atoms with van der Waals surface area (Å²) in [6, 6.07) is 8.81. The second kappa shape index (κ2) is 8.73. The Bertz CT molecular complexity index is 910. The summed E-state index contributed by atoms with van der Waals surface area (Å²) in [5, 5.41) is 2.18. The Morgan fingerprint density at radius 3 is 2.46 bits per heavy atom. The van der Waals surface area contributed by atoms with E-state index in [2.05, 4.69) is 4.90 Å². The van der Waals surface area contributed by atoms with Crippen molar-refractivity contribution in [2.45, 2.75) is 25.3 Å². The van der Waals surface area contributed by atoms with Gasteiger partial charge in [-0.05, 0) is 62.3 Å². The van der Waals surface area contributed by atoms with Crippen molar-refractivity contribution in [1.29, 1.82) is 0 Å². The van der Waals surface area contributed by atoms with Gasteiger partial charge in [0.25, 0.3) is 0 Å². The number of likely N-dealkylation sites (tertiary alicyclic amines) is 1. The van der Waals surface area contributed by atoms with Gasteiger partial charge in [-0.1, -0.05) is 52.8 Å². The Kier molecular flexibility index (Phi) is 6.29. The molecule has 3 nitrogen and oxygen atoms in total. The maximum atomic E-state index is 6.39. The second-order valence-corrected chi connectivity index (χ2v) is 8.59. The topological polar surface area (TPSA) is 21.7 Å². The van der Waals surface area contributed by atoms with Crippen molar-refractivity contribution in [2.24, 2.45) is 0 Å².